The van der Waals surface area contributed by atoms with Crippen LogP contribution >= 0.6 is 0 Å². The molecule has 1 aromatic rings. The Morgan fingerprint density at radius 3 is 2.54 bits per heavy atom. The molecule has 0 aromatic heterocycles. The number of nitrogens with one attached hydrogen (secondary N) is 2. The molecule has 2 N–H and O–H groups in total. The van der Waals surface area contributed by atoms with E-state index in [0.29, 0.717) is 18.7 Å². The van der Waals surface area contributed by atoms with E-state index in [9.17, 15) is 4.79 Å². The first-order chi connectivity index (χ1) is 11.6. The van der Waals surface area contributed by atoms with Gasteiger partial charge in [-0.15, -0.1) is 6.58 Å². The molecule has 0 radical (unpaired) electrons. The van der Waals surface area contributed by atoms with Crippen LogP contribution in [0.25, 0.3) is 0 Å². The van der Waals surface area contributed by atoms with Crippen molar-refractivity contribution in [2.45, 2.75) is 12.8 Å². The van der Waals surface area contributed by atoms with Gasteiger partial charge in [-0.1, -0.05) is 6.08 Å². The Bertz CT molecular complexity index is 540. The molecule has 24 heavy (non-hydrogen) atoms. The highest BCUT2D eigenvalue weighted by Crippen LogP contribution is 2.10. The number of carbonyl (C=O) groups excluding carboxylic acids is 1. The van der Waals surface area contributed by atoms with Gasteiger partial charge < -0.3 is 20.3 Å². The molecule has 0 aliphatic heterocycles. The van der Waals surface area contributed by atoms with Crippen LogP contribution in [-0.4, -0.2) is 57.6 Å². The van der Waals surface area contributed by atoms with E-state index in [2.05, 4.69) is 27.1 Å². The summed E-state index contributed by atoms with van der Waals surface area (Å²) in [6.07, 6.45) is 3.94. The van der Waals surface area contributed by atoms with Crippen LogP contribution < -0.4 is 15.4 Å². The monoisotopic (exact) mass is 332 g/mol. The van der Waals surface area contributed by atoms with Gasteiger partial charge in [0, 0.05) is 39.3 Å². The normalized spacial score (nSPS) is 10.9. The van der Waals surface area contributed by atoms with Crippen molar-refractivity contribution in [3.05, 3.63) is 42.5 Å². The highest BCUT2D eigenvalue weighted by Gasteiger charge is 2.06. The summed E-state index contributed by atoms with van der Waals surface area (Å²) in [7, 11) is 5.35. The van der Waals surface area contributed by atoms with Gasteiger partial charge in [0.1, 0.15) is 5.75 Å². The van der Waals surface area contributed by atoms with E-state index in [1.54, 1.807) is 38.4 Å². The number of unbranched alkanes of at least 4 members (excludes halogenated alkanes) is 1. The minimum Gasteiger partial charge on any atom is -0.497 e. The Labute approximate surface area is 144 Å². The van der Waals surface area contributed by atoms with Crippen molar-refractivity contribution >= 4 is 11.9 Å². The van der Waals surface area contributed by atoms with Gasteiger partial charge in [-0.2, -0.15) is 0 Å². The molecule has 1 rings (SSSR count). The maximum Gasteiger partial charge on any atom is 0.251 e. The summed E-state index contributed by atoms with van der Waals surface area (Å²) in [5, 5.41) is 6.11. The van der Waals surface area contributed by atoms with Gasteiger partial charge >= 0.3 is 0 Å². The molecule has 0 unspecified atom stereocenters. The van der Waals surface area contributed by atoms with Crippen molar-refractivity contribution in [3.8, 4) is 5.75 Å². The van der Waals surface area contributed by atoms with E-state index in [-0.39, 0.29) is 5.91 Å². The molecule has 0 aliphatic rings. The number of methoxy groups -OCH3 is 1. The van der Waals surface area contributed by atoms with Crippen molar-refractivity contribution in [2.24, 2.45) is 4.99 Å². The number of rotatable bonds is 9. The van der Waals surface area contributed by atoms with Gasteiger partial charge in [0.05, 0.1) is 7.11 Å². The first-order valence-corrected chi connectivity index (χ1v) is 8.07. The van der Waals surface area contributed by atoms with Crippen molar-refractivity contribution in [1.29, 1.82) is 0 Å². The maximum absolute atomic E-state index is 12.0. The second-order valence-electron chi connectivity index (χ2n) is 5.31. The average molecular weight is 332 g/mol. The molecule has 0 spiro atoms. The van der Waals surface area contributed by atoms with E-state index < -0.39 is 0 Å². The van der Waals surface area contributed by atoms with Crippen molar-refractivity contribution in [3.63, 3.8) is 0 Å². The third-order valence-electron chi connectivity index (χ3n) is 3.52. The molecule has 1 aromatic carbocycles. The van der Waals surface area contributed by atoms with E-state index in [1.807, 2.05) is 13.1 Å². The number of aliphatic imine (C=N–C) groups is 1. The summed E-state index contributed by atoms with van der Waals surface area (Å²) in [5.74, 6) is 1.45. The lowest BCUT2D eigenvalue weighted by atomic mass is 10.2. The molecular formula is C18H28N4O2. The molecular weight excluding hydrogens is 304 g/mol. The van der Waals surface area contributed by atoms with Gasteiger partial charge in [-0.3, -0.25) is 9.79 Å². The van der Waals surface area contributed by atoms with Gasteiger partial charge in [0.25, 0.3) is 5.91 Å². The molecule has 0 bridgehead atoms. The summed E-state index contributed by atoms with van der Waals surface area (Å²) >= 11 is 0. The smallest absolute Gasteiger partial charge is 0.251 e. The predicted octanol–water partition coefficient (Wildman–Crippen LogP) is 1.90. The fraction of sp³-hybridized carbons (Fsp3) is 0.444. The second kappa shape index (κ2) is 11.1. The molecule has 132 valence electrons. The number of hydrogen-bond donors (Lipinski definition) is 2. The van der Waals surface area contributed by atoms with Gasteiger partial charge in [0.2, 0.25) is 0 Å². The lowest BCUT2D eigenvalue weighted by Crippen LogP contribution is -2.42. The minimum atomic E-state index is -0.103. The highest BCUT2D eigenvalue weighted by atomic mass is 16.5. The number of nitrogens with zero attached hydrogens (tertiary/aromatic N) is 2. The second-order valence-corrected chi connectivity index (χ2v) is 5.31. The zero-order valence-electron chi connectivity index (χ0n) is 14.8. The zero-order chi connectivity index (χ0) is 17.8. The third-order valence-corrected chi connectivity index (χ3v) is 3.52. The maximum atomic E-state index is 12.0. The number of amides is 1. The first kappa shape index (κ1) is 19.5. The van der Waals surface area contributed by atoms with Gasteiger partial charge in [-0.25, -0.2) is 0 Å². The Kier molecular flexibility index (Phi) is 9.04. The number of allylic oxidation sites excluding steroid dienone is 1. The quantitative estimate of drug-likeness (QED) is 0.314. The molecule has 0 aliphatic carbocycles. The summed E-state index contributed by atoms with van der Waals surface area (Å²) in [6.45, 7) is 5.76. The number of benzene rings is 1. The molecule has 0 fully saturated rings. The fourth-order valence-electron chi connectivity index (χ4n) is 2.16. The van der Waals surface area contributed by atoms with Crippen LogP contribution in [0, 0.1) is 0 Å². The van der Waals surface area contributed by atoms with Crippen LogP contribution in [-0.2, 0) is 0 Å². The fourth-order valence-corrected chi connectivity index (χ4v) is 2.16. The Hall–Kier alpha value is -2.50. The van der Waals surface area contributed by atoms with Crippen LogP contribution in [0.2, 0.25) is 0 Å². The number of guanidine groups is 1. The van der Waals surface area contributed by atoms with Crippen LogP contribution in [0.5, 0.6) is 5.75 Å². The Balaban J connectivity index is 2.32. The first-order valence-electron chi connectivity index (χ1n) is 8.07. The molecule has 1 amide bonds. The molecule has 6 heteroatoms. The lowest BCUT2D eigenvalue weighted by molar-refractivity contribution is 0.0954. The summed E-state index contributed by atoms with van der Waals surface area (Å²) in [6, 6.07) is 7.03. The van der Waals surface area contributed by atoms with E-state index in [4.69, 9.17) is 4.74 Å². The molecule has 0 heterocycles. The molecule has 0 saturated carbocycles. The van der Waals surface area contributed by atoms with Crippen LogP contribution in [0.1, 0.15) is 23.2 Å². The SMILES string of the molecule is C=CCCCN(C)C(=NC)NCCNC(=O)c1ccc(OC)cc1. The average Bonchev–Trinajstić information content (AvgIpc) is 2.61. The van der Waals surface area contributed by atoms with Crippen molar-refractivity contribution < 1.29 is 9.53 Å². The standard InChI is InChI=1S/C18H28N4O2/c1-5-6-7-14-22(3)18(19-2)21-13-12-20-17(23)15-8-10-16(24-4)11-9-15/h5,8-11H,1,6-7,12-14H2,2-4H3,(H,19,21)(H,20,23). The molecule has 6 nitrogen and oxygen atoms in total. The topological polar surface area (TPSA) is 66.0 Å². The molecule has 0 atom stereocenters. The summed E-state index contributed by atoms with van der Waals surface area (Å²) in [5.41, 5.74) is 0.613. The lowest BCUT2D eigenvalue weighted by Gasteiger charge is -2.21. The van der Waals surface area contributed by atoms with E-state index in [1.165, 1.54) is 0 Å². The third kappa shape index (κ3) is 6.73. The predicted molar refractivity (Wildman–Crippen MR) is 98.7 cm³/mol. The minimum absolute atomic E-state index is 0.103. The van der Waals surface area contributed by atoms with Crippen LogP contribution in [0.3, 0.4) is 0 Å². The number of ether oxygens (including phenoxy) is 1. The number of carbonyl (C=O) groups is 1. The van der Waals surface area contributed by atoms with Gasteiger partial charge in [0.15, 0.2) is 5.96 Å². The van der Waals surface area contributed by atoms with Gasteiger partial charge in [-0.05, 0) is 37.1 Å². The van der Waals surface area contributed by atoms with Crippen molar-refractivity contribution in [1.82, 2.24) is 15.5 Å². The number of hydrogen-bond acceptors (Lipinski definition) is 3. The van der Waals surface area contributed by atoms with E-state index >= 15 is 0 Å². The highest BCUT2D eigenvalue weighted by molar-refractivity contribution is 5.94. The summed E-state index contributed by atoms with van der Waals surface area (Å²) < 4.78 is 5.08. The van der Waals surface area contributed by atoms with Crippen LogP contribution in [0.4, 0.5) is 0 Å². The summed E-state index contributed by atoms with van der Waals surface area (Å²) in [4.78, 5) is 18.3. The van der Waals surface area contributed by atoms with Crippen molar-refractivity contribution in [2.75, 3.05) is 40.8 Å². The largest absolute Gasteiger partial charge is 0.497 e. The molecule has 0 saturated heterocycles. The Morgan fingerprint density at radius 1 is 1.29 bits per heavy atom. The van der Waals surface area contributed by atoms with Crippen LogP contribution in [0.15, 0.2) is 41.9 Å². The zero-order valence-corrected chi connectivity index (χ0v) is 14.8. The van der Waals surface area contributed by atoms with E-state index in [0.717, 1.165) is 31.1 Å². The Morgan fingerprint density at radius 2 is 1.96 bits per heavy atom.